The number of alkyl halides is 4. The minimum absolute atomic E-state index is 0.00852. The van der Waals surface area contributed by atoms with Crippen molar-refractivity contribution in [3.8, 4) is 28.5 Å². The third-order valence-corrected chi connectivity index (χ3v) is 6.11. The van der Waals surface area contributed by atoms with E-state index in [0.29, 0.717) is 35.8 Å². The summed E-state index contributed by atoms with van der Waals surface area (Å²) < 4.78 is 74.7. The van der Waals surface area contributed by atoms with Gasteiger partial charge in [0.05, 0.1) is 32.2 Å². The first-order valence-electron chi connectivity index (χ1n) is 12.4. The number of amides is 1. The maximum Gasteiger partial charge on any atom is 0.387 e. The minimum Gasteiger partial charge on any atom is -0.496 e. The van der Waals surface area contributed by atoms with E-state index >= 15 is 0 Å². The first-order valence-corrected chi connectivity index (χ1v) is 12.4. The fourth-order valence-electron chi connectivity index (χ4n) is 4.06. The van der Waals surface area contributed by atoms with E-state index < -0.39 is 18.9 Å². The van der Waals surface area contributed by atoms with Crippen LogP contribution in [0.5, 0.6) is 17.2 Å². The van der Waals surface area contributed by atoms with Gasteiger partial charge in [0.15, 0.2) is 0 Å². The summed E-state index contributed by atoms with van der Waals surface area (Å²) in [5.74, 6) is -0.298. The van der Waals surface area contributed by atoms with Crippen LogP contribution in [-0.2, 0) is 4.74 Å². The second-order valence-corrected chi connectivity index (χ2v) is 8.94. The van der Waals surface area contributed by atoms with E-state index in [9.17, 15) is 22.4 Å². The third kappa shape index (κ3) is 7.51. The van der Waals surface area contributed by atoms with Crippen LogP contribution in [0.2, 0.25) is 0 Å². The Labute approximate surface area is 222 Å². The molecule has 1 N–H and O–H groups in total. The van der Waals surface area contributed by atoms with Gasteiger partial charge >= 0.3 is 6.61 Å². The fourth-order valence-corrected chi connectivity index (χ4v) is 4.06. The van der Waals surface area contributed by atoms with Gasteiger partial charge in [-0.1, -0.05) is 0 Å². The van der Waals surface area contributed by atoms with Crippen LogP contribution in [-0.4, -0.2) is 86.3 Å². The van der Waals surface area contributed by atoms with Gasteiger partial charge in [0.1, 0.15) is 35.1 Å². The van der Waals surface area contributed by atoms with Crippen molar-refractivity contribution in [3.63, 3.8) is 0 Å². The smallest absolute Gasteiger partial charge is 0.387 e. The van der Waals surface area contributed by atoms with Gasteiger partial charge in [-0.2, -0.15) is 8.78 Å². The van der Waals surface area contributed by atoms with Crippen molar-refractivity contribution in [2.45, 2.75) is 31.9 Å². The van der Waals surface area contributed by atoms with Crippen LogP contribution < -0.4 is 19.5 Å². The fraction of sp³-hybridized carbons (Fsp3) is 0.462. The Morgan fingerprint density at radius 2 is 1.87 bits per heavy atom. The number of nitrogens with zero attached hydrogens (tertiary/aromatic N) is 3. The maximum atomic E-state index is 13.2. The monoisotopic (exact) mass is 554 g/mol. The lowest BCUT2D eigenvalue weighted by molar-refractivity contribution is -0.0502. The molecule has 0 bridgehead atoms. The minimum atomic E-state index is -3.15. The van der Waals surface area contributed by atoms with Crippen molar-refractivity contribution in [2.75, 3.05) is 47.1 Å². The molecular weight excluding hydrogens is 524 g/mol. The Kier molecular flexibility index (Phi) is 9.46. The number of pyridine rings is 1. The zero-order chi connectivity index (χ0) is 27.9. The van der Waals surface area contributed by atoms with E-state index in [-0.39, 0.29) is 42.8 Å². The van der Waals surface area contributed by atoms with Crippen LogP contribution in [0, 0.1) is 0 Å². The maximum absolute atomic E-state index is 13.2. The number of benzene rings is 1. The molecule has 0 saturated heterocycles. The second-order valence-electron chi connectivity index (χ2n) is 8.94. The molecule has 2 heterocycles. The van der Waals surface area contributed by atoms with Crippen molar-refractivity contribution in [1.82, 2.24) is 19.6 Å². The number of hydrogen-bond donors (Lipinski definition) is 1. The van der Waals surface area contributed by atoms with Crippen LogP contribution in [0.15, 0.2) is 36.7 Å². The number of halogens is 4. The quantitative estimate of drug-likeness (QED) is 0.283. The molecule has 0 unspecified atom stereocenters. The lowest BCUT2D eigenvalue weighted by atomic mass is 10.1. The molecule has 0 atom stereocenters. The van der Waals surface area contributed by atoms with E-state index in [1.54, 1.807) is 39.9 Å². The number of aromatic nitrogens is 2. The normalized spacial score (nSPS) is 13.5. The summed E-state index contributed by atoms with van der Waals surface area (Å²) in [4.78, 5) is 18.7. The Morgan fingerprint density at radius 1 is 1.13 bits per heavy atom. The van der Waals surface area contributed by atoms with Gasteiger partial charge in [-0.25, -0.2) is 13.8 Å². The van der Waals surface area contributed by atoms with Crippen molar-refractivity contribution in [3.05, 3.63) is 42.2 Å². The summed E-state index contributed by atoms with van der Waals surface area (Å²) in [6.45, 7) is -2.38. The predicted molar refractivity (Wildman–Crippen MR) is 134 cm³/mol. The molecule has 212 valence electrons. The molecule has 0 spiro atoms. The molecule has 1 fully saturated rings. The van der Waals surface area contributed by atoms with Crippen LogP contribution in [0.25, 0.3) is 16.9 Å². The summed E-state index contributed by atoms with van der Waals surface area (Å²) in [5.41, 5.74) is 1.36. The zero-order valence-corrected chi connectivity index (χ0v) is 21.5. The number of imidazole rings is 1. The molecule has 0 aliphatic heterocycles. The molecule has 39 heavy (non-hydrogen) atoms. The molecule has 9 nitrogen and oxygen atoms in total. The van der Waals surface area contributed by atoms with E-state index in [0.717, 1.165) is 12.8 Å². The van der Waals surface area contributed by atoms with Gasteiger partial charge in [0.2, 0.25) is 0 Å². The first kappa shape index (κ1) is 28.4. The molecule has 1 aliphatic rings. The van der Waals surface area contributed by atoms with Crippen molar-refractivity contribution in [1.29, 1.82) is 0 Å². The first-order chi connectivity index (χ1) is 18.8. The summed E-state index contributed by atoms with van der Waals surface area (Å²) >= 11 is 0. The molecule has 2 aromatic heterocycles. The number of fused-ring (bicyclic) bond motifs is 1. The molecule has 0 radical (unpaired) electrons. The Morgan fingerprint density at radius 3 is 2.54 bits per heavy atom. The van der Waals surface area contributed by atoms with Crippen LogP contribution >= 0.6 is 0 Å². The zero-order valence-electron chi connectivity index (χ0n) is 21.5. The van der Waals surface area contributed by atoms with Crippen LogP contribution in [0.4, 0.5) is 17.6 Å². The van der Waals surface area contributed by atoms with Gasteiger partial charge in [-0.3, -0.25) is 14.1 Å². The van der Waals surface area contributed by atoms with Gasteiger partial charge in [0, 0.05) is 44.1 Å². The summed E-state index contributed by atoms with van der Waals surface area (Å²) in [5, 5.41) is 2.77. The van der Waals surface area contributed by atoms with E-state index in [4.69, 9.17) is 18.9 Å². The lowest BCUT2D eigenvalue weighted by Crippen LogP contribution is -2.35. The highest BCUT2D eigenvalue weighted by molar-refractivity contribution is 6.01. The van der Waals surface area contributed by atoms with Crippen molar-refractivity contribution in [2.24, 2.45) is 0 Å². The SMILES string of the molecule is COCCN(CCOc1ccn2c(-c3cc(OC)c(C(=O)NC4CC4)c(OC(F)F)c3)cnc2c1)CC(F)F. The number of rotatable bonds is 15. The van der Waals surface area contributed by atoms with Gasteiger partial charge < -0.3 is 24.3 Å². The van der Waals surface area contributed by atoms with Crippen molar-refractivity contribution >= 4 is 11.6 Å². The molecule has 13 heteroatoms. The van der Waals surface area contributed by atoms with Gasteiger partial charge in [-0.05, 0) is 31.0 Å². The Balaban J connectivity index is 1.54. The highest BCUT2D eigenvalue weighted by atomic mass is 19.3. The molecule has 1 aliphatic carbocycles. The lowest BCUT2D eigenvalue weighted by Gasteiger charge is -2.21. The van der Waals surface area contributed by atoms with Crippen LogP contribution in [0.3, 0.4) is 0 Å². The van der Waals surface area contributed by atoms with E-state index in [1.807, 2.05) is 0 Å². The largest absolute Gasteiger partial charge is 0.496 e. The highest BCUT2D eigenvalue weighted by Crippen LogP contribution is 2.37. The predicted octanol–water partition coefficient (Wildman–Crippen LogP) is 4.10. The topological polar surface area (TPSA) is 86.6 Å². The number of ether oxygens (including phenoxy) is 4. The number of nitrogens with one attached hydrogen (secondary N) is 1. The number of hydrogen-bond acceptors (Lipinski definition) is 7. The molecule has 1 aromatic carbocycles. The molecule has 4 rings (SSSR count). The number of methoxy groups -OCH3 is 2. The van der Waals surface area contributed by atoms with E-state index in [1.165, 1.54) is 20.3 Å². The van der Waals surface area contributed by atoms with Crippen LogP contribution in [0.1, 0.15) is 23.2 Å². The van der Waals surface area contributed by atoms with E-state index in [2.05, 4.69) is 10.3 Å². The standard InChI is InChI=1S/C26H30F4N4O5/c1-36-9-7-33(15-22(27)28)8-10-38-18-5-6-34-19(14-31-23(34)13-18)16-11-20(37-2)24(21(12-16)39-26(29)30)25(35)32-17-3-4-17/h5-6,11-14,17,22,26H,3-4,7-10,15H2,1-2H3,(H,32,35). The summed E-state index contributed by atoms with van der Waals surface area (Å²) in [7, 11) is 2.85. The Hall–Kier alpha value is -3.58. The Bertz CT molecular complexity index is 1270. The average molecular weight is 555 g/mol. The molecule has 1 saturated carbocycles. The molecule has 3 aromatic rings. The number of carbonyl (C=O) groups is 1. The second kappa shape index (κ2) is 13.0. The molecular formula is C26H30F4N4O5. The summed E-state index contributed by atoms with van der Waals surface area (Å²) in [6, 6.07) is 6.26. The van der Waals surface area contributed by atoms with Gasteiger partial charge in [-0.15, -0.1) is 0 Å². The molecule has 1 amide bonds. The summed E-state index contributed by atoms with van der Waals surface area (Å²) in [6.07, 6.45) is 2.41. The van der Waals surface area contributed by atoms with Crippen molar-refractivity contribution < 1.29 is 41.3 Å². The highest BCUT2D eigenvalue weighted by Gasteiger charge is 2.29. The van der Waals surface area contributed by atoms with Gasteiger partial charge in [0.25, 0.3) is 12.3 Å². The third-order valence-electron chi connectivity index (χ3n) is 6.11. The average Bonchev–Trinajstić information content (AvgIpc) is 3.60. The number of carbonyl (C=O) groups excluding carboxylic acids is 1.